The van der Waals surface area contributed by atoms with Gasteiger partial charge in [-0.2, -0.15) is 0 Å². The molecule has 118 valence electrons. The molecule has 0 bridgehead atoms. The largest absolute Gasteiger partial charge is 0.344 e. The fraction of sp³-hybridized carbons (Fsp3) is 0.312. The Morgan fingerprint density at radius 1 is 1.00 bits per heavy atom. The lowest BCUT2D eigenvalue weighted by Gasteiger charge is -2.33. The van der Waals surface area contributed by atoms with Crippen LogP contribution in [-0.4, -0.2) is 46.3 Å². The topological polar surface area (TPSA) is 45.2 Å². The standard InChI is InChI=1S/C16H17N5S2/c1-2-6-17-14(5-1)15-18-19-16(23-15)21-9-7-20(8-10-21)12-13-4-3-11-22-13/h1-6,11H,7-10,12H2. The summed E-state index contributed by atoms with van der Waals surface area (Å²) in [6, 6.07) is 10.2. The van der Waals surface area contributed by atoms with E-state index in [1.165, 1.54) is 4.88 Å². The molecular weight excluding hydrogens is 326 g/mol. The molecule has 0 aliphatic carbocycles. The van der Waals surface area contributed by atoms with Gasteiger partial charge in [0.15, 0.2) is 5.01 Å². The quantitative estimate of drug-likeness (QED) is 0.729. The van der Waals surface area contributed by atoms with E-state index in [1.54, 1.807) is 17.5 Å². The van der Waals surface area contributed by atoms with Gasteiger partial charge < -0.3 is 4.90 Å². The number of thiophene rings is 1. The van der Waals surface area contributed by atoms with Crippen LogP contribution >= 0.6 is 22.7 Å². The van der Waals surface area contributed by atoms with E-state index in [4.69, 9.17) is 0 Å². The maximum atomic E-state index is 4.35. The molecule has 1 fully saturated rings. The lowest BCUT2D eigenvalue weighted by atomic mass is 10.3. The van der Waals surface area contributed by atoms with Gasteiger partial charge >= 0.3 is 0 Å². The summed E-state index contributed by atoms with van der Waals surface area (Å²) < 4.78 is 0. The third-order valence-corrected chi connectivity index (χ3v) is 5.77. The first-order chi connectivity index (χ1) is 11.4. The molecule has 3 aromatic rings. The number of pyridine rings is 1. The maximum Gasteiger partial charge on any atom is 0.208 e. The molecule has 0 N–H and O–H groups in total. The van der Waals surface area contributed by atoms with Gasteiger partial charge in [0.2, 0.25) is 5.13 Å². The summed E-state index contributed by atoms with van der Waals surface area (Å²) in [7, 11) is 0. The van der Waals surface area contributed by atoms with Gasteiger partial charge in [-0.05, 0) is 23.6 Å². The van der Waals surface area contributed by atoms with Crippen molar-refractivity contribution in [3.05, 3.63) is 46.8 Å². The molecule has 5 nitrogen and oxygen atoms in total. The van der Waals surface area contributed by atoms with Crippen molar-refractivity contribution in [2.24, 2.45) is 0 Å². The summed E-state index contributed by atoms with van der Waals surface area (Å²) in [5.74, 6) is 0. The Labute approximate surface area is 143 Å². The van der Waals surface area contributed by atoms with Crippen LogP contribution in [0.5, 0.6) is 0 Å². The Kier molecular flexibility index (Phi) is 4.32. The minimum Gasteiger partial charge on any atom is -0.344 e. The highest BCUT2D eigenvalue weighted by molar-refractivity contribution is 7.18. The molecule has 23 heavy (non-hydrogen) atoms. The van der Waals surface area contributed by atoms with Crippen molar-refractivity contribution >= 4 is 27.8 Å². The molecule has 1 aliphatic heterocycles. The minimum absolute atomic E-state index is 0.890. The summed E-state index contributed by atoms with van der Waals surface area (Å²) >= 11 is 3.46. The zero-order valence-electron chi connectivity index (χ0n) is 12.6. The van der Waals surface area contributed by atoms with Crippen molar-refractivity contribution in [2.75, 3.05) is 31.1 Å². The highest BCUT2D eigenvalue weighted by Crippen LogP contribution is 2.28. The molecule has 0 unspecified atom stereocenters. The fourth-order valence-electron chi connectivity index (χ4n) is 2.66. The van der Waals surface area contributed by atoms with Gasteiger partial charge in [-0.15, -0.1) is 21.5 Å². The summed E-state index contributed by atoms with van der Waals surface area (Å²) in [5, 5.41) is 12.7. The van der Waals surface area contributed by atoms with Gasteiger partial charge in [0.05, 0.1) is 0 Å². The van der Waals surface area contributed by atoms with E-state index in [2.05, 4.69) is 42.5 Å². The smallest absolute Gasteiger partial charge is 0.208 e. The SMILES string of the molecule is c1ccc(-c2nnc(N3CCN(Cc4cccs4)CC3)s2)nc1. The number of anilines is 1. The molecule has 0 radical (unpaired) electrons. The molecule has 4 heterocycles. The number of piperazine rings is 1. The number of hydrogen-bond donors (Lipinski definition) is 0. The van der Waals surface area contributed by atoms with Gasteiger partial charge in [-0.3, -0.25) is 9.88 Å². The van der Waals surface area contributed by atoms with Crippen LogP contribution in [-0.2, 0) is 6.54 Å². The van der Waals surface area contributed by atoms with E-state index >= 15 is 0 Å². The fourth-order valence-corrected chi connectivity index (χ4v) is 4.28. The zero-order chi connectivity index (χ0) is 15.5. The van der Waals surface area contributed by atoms with E-state index in [0.717, 1.165) is 48.6 Å². The van der Waals surface area contributed by atoms with E-state index in [9.17, 15) is 0 Å². The molecule has 0 atom stereocenters. The second-order valence-corrected chi connectivity index (χ2v) is 7.44. The van der Waals surface area contributed by atoms with Crippen molar-refractivity contribution < 1.29 is 0 Å². The zero-order valence-corrected chi connectivity index (χ0v) is 14.3. The second-order valence-electron chi connectivity index (χ2n) is 5.45. The van der Waals surface area contributed by atoms with Crippen LogP contribution in [0.3, 0.4) is 0 Å². The van der Waals surface area contributed by atoms with Gasteiger partial charge in [-0.1, -0.05) is 23.5 Å². The first kappa shape index (κ1) is 14.7. The number of nitrogens with zero attached hydrogens (tertiary/aromatic N) is 5. The van der Waals surface area contributed by atoms with Crippen LogP contribution in [0.25, 0.3) is 10.7 Å². The summed E-state index contributed by atoms with van der Waals surface area (Å²) in [5.41, 5.74) is 0.896. The average Bonchev–Trinajstić information content (AvgIpc) is 3.28. The number of rotatable bonds is 4. The molecule has 0 amide bonds. The third-order valence-electron chi connectivity index (χ3n) is 3.90. The second kappa shape index (κ2) is 6.74. The molecule has 1 aliphatic rings. The van der Waals surface area contributed by atoms with Gasteiger partial charge in [0.25, 0.3) is 0 Å². The predicted molar refractivity (Wildman–Crippen MR) is 94.9 cm³/mol. The summed E-state index contributed by atoms with van der Waals surface area (Å²) in [6.07, 6.45) is 1.79. The van der Waals surface area contributed by atoms with Crippen molar-refractivity contribution in [3.63, 3.8) is 0 Å². The van der Waals surface area contributed by atoms with E-state index in [1.807, 2.05) is 29.5 Å². The normalized spacial score (nSPS) is 15.9. The first-order valence-electron chi connectivity index (χ1n) is 7.63. The summed E-state index contributed by atoms with van der Waals surface area (Å²) in [4.78, 5) is 10.6. The van der Waals surface area contributed by atoms with Crippen molar-refractivity contribution in [2.45, 2.75) is 6.54 Å². The number of aromatic nitrogens is 3. The van der Waals surface area contributed by atoms with Crippen molar-refractivity contribution in [1.29, 1.82) is 0 Å². The molecule has 4 rings (SSSR count). The Balaban J connectivity index is 1.38. The molecule has 0 aromatic carbocycles. The molecule has 3 aromatic heterocycles. The van der Waals surface area contributed by atoms with Gasteiger partial charge in [0.1, 0.15) is 5.69 Å². The van der Waals surface area contributed by atoms with E-state index in [-0.39, 0.29) is 0 Å². The van der Waals surface area contributed by atoms with Crippen LogP contribution in [0.2, 0.25) is 0 Å². The molecule has 0 spiro atoms. The third kappa shape index (κ3) is 3.41. The van der Waals surface area contributed by atoms with Crippen molar-refractivity contribution in [1.82, 2.24) is 20.1 Å². The minimum atomic E-state index is 0.890. The van der Waals surface area contributed by atoms with Gasteiger partial charge in [0, 0.05) is 43.8 Å². The Morgan fingerprint density at radius 3 is 2.65 bits per heavy atom. The summed E-state index contributed by atoms with van der Waals surface area (Å²) in [6.45, 7) is 5.19. The van der Waals surface area contributed by atoms with E-state index < -0.39 is 0 Å². The van der Waals surface area contributed by atoms with E-state index in [0.29, 0.717) is 0 Å². The van der Waals surface area contributed by atoms with Gasteiger partial charge in [-0.25, -0.2) is 0 Å². The highest BCUT2D eigenvalue weighted by atomic mass is 32.1. The van der Waals surface area contributed by atoms with Crippen LogP contribution in [0, 0.1) is 0 Å². The molecular formula is C16H17N5S2. The lowest BCUT2D eigenvalue weighted by Crippen LogP contribution is -2.45. The van der Waals surface area contributed by atoms with Crippen LogP contribution in [0.1, 0.15) is 4.88 Å². The van der Waals surface area contributed by atoms with Crippen LogP contribution < -0.4 is 4.90 Å². The maximum absolute atomic E-state index is 4.35. The molecule has 1 saturated heterocycles. The average molecular weight is 343 g/mol. The number of hydrogen-bond acceptors (Lipinski definition) is 7. The molecule has 0 saturated carbocycles. The monoisotopic (exact) mass is 343 g/mol. The first-order valence-corrected chi connectivity index (χ1v) is 9.33. The van der Waals surface area contributed by atoms with Crippen molar-refractivity contribution in [3.8, 4) is 10.7 Å². The predicted octanol–water partition coefficient (Wildman–Crippen LogP) is 2.98. The molecule has 7 heteroatoms. The van der Waals surface area contributed by atoms with Crippen LogP contribution in [0.15, 0.2) is 41.9 Å². The Hall–Kier alpha value is -1.83. The lowest BCUT2D eigenvalue weighted by molar-refractivity contribution is 0.252. The Morgan fingerprint density at radius 2 is 1.91 bits per heavy atom. The Bertz CT molecular complexity index is 733. The van der Waals surface area contributed by atoms with Crippen LogP contribution in [0.4, 0.5) is 5.13 Å². The highest BCUT2D eigenvalue weighted by Gasteiger charge is 2.20.